The first kappa shape index (κ1) is 37.0. The minimum atomic E-state index is 0. The predicted molar refractivity (Wildman–Crippen MR) is 42.5 cm³/mol. The Labute approximate surface area is 70.3 Å². The molecule has 0 aromatic rings. The second kappa shape index (κ2) is 45.7. The van der Waals surface area contributed by atoms with E-state index in [4.69, 9.17) is 0 Å². The van der Waals surface area contributed by atoms with Crippen molar-refractivity contribution in [2.45, 2.75) is 0 Å². The molecule has 4 nitrogen and oxygen atoms in total. The van der Waals surface area contributed by atoms with Crippen LogP contribution in [0.5, 0.6) is 0 Å². The fraction of sp³-hybridized carbons (Fsp3) is 0. The Hall–Kier alpha value is 1.82. The number of rotatable bonds is 0. The average molecular weight is 382 g/mol. The summed E-state index contributed by atoms with van der Waals surface area (Å²) in [6.07, 6.45) is 0. The molecule has 0 radical (unpaired) electrons. The van der Waals surface area contributed by atoms with Crippen LogP contribution in [0, 0.1) is 0 Å². The van der Waals surface area contributed by atoms with Crippen LogP contribution in [0.2, 0.25) is 0 Å². The molecule has 0 saturated carbocycles. The summed E-state index contributed by atoms with van der Waals surface area (Å²) in [5.41, 5.74) is 0. The van der Waals surface area contributed by atoms with E-state index in [0.717, 1.165) is 0 Å². The first-order valence-corrected chi connectivity index (χ1v) is 7.39. The molecule has 8 N–H and O–H groups in total. The van der Waals surface area contributed by atoms with Gasteiger partial charge in [0.05, 0.1) is 0 Å². The van der Waals surface area contributed by atoms with E-state index in [9.17, 15) is 0 Å². The molecule has 0 atom stereocenters. The van der Waals surface area contributed by atoms with E-state index in [2.05, 4.69) is 40.7 Å². The summed E-state index contributed by atoms with van der Waals surface area (Å²) in [7, 11) is 1.19. The van der Waals surface area contributed by atoms with Crippen molar-refractivity contribution in [3.05, 3.63) is 0 Å². The third-order valence-corrected chi connectivity index (χ3v) is 0. The average Bonchev–Trinajstić information content (AvgIpc) is 0.918. The quantitative estimate of drug-likeness (QED) is 0.356. The molecule has 0 amide bonds. The van der Waals surface area contributed by atoms with Gasteiger partial charge in [0, 0.05) is 0 Å². The van der Waals surface area contributed by atoms with E-state index in [-0.39, 0.29) is 21.9 Å². The molecule has 0 aliphatic heterocycles. The summed E-state index contributed by atoms with van der Waals surface area (Å²) in [5, 5.41) is 0. The molecule has 0 unspecified atom stereocenters. The van der Waals surface area contributed by atoms with E-state index in [1.807, 2.05) is 0 Å². The van der Waals surface area contributed by atoms with Crippen molar-refractivity contribution in [3.8, 4) is 0 Å². The molecule has 0 bridgehead atoms. The van der Waals surface area contributed by atoms with Gasteiger partial charge in [0.15, 0.2) is 0 Å². The Balaban J connectivity index is -0.00000000333. The van der Waals surface area contributed by atoms with Crippen LogP contribution in [0.1, 0.15) is 0 Å². The van der Waals surface area contributed by atoms with Crippen molar-refractivity contribution in [2.75, 3.05) is 0 Å². The molecule has 0 spiro atoms. The van der Waals surface area contributed by atoms with E-state index >= 15 is 0 Å². The molecule has 0 rings (SSSR count). The van der Waals surface area contributed by atoms with Crippen molar-refractivity contribution in [3.63, 3.8) is 0 Å². The summed E-state index contributed by atoms with van der Waals surface area (Å²) in [5.74, 6) is 0. The van der Waals surface area contributed by atoms with Crippen molar-refractivity contribution in [1.29, 1.82) is 0 Å². The fourth-order valence-corrected chi connectivity index (χ4v) is 0. The Morgan fingerprint density at radius 1 is 0.714 bits per heavy atom. The summed E-state index contributed by atoms with van der Waals surface area (Å²) >= 11 is 4.55. The zero-order valence-corrected chi connectivity index (χ0v) is 8.53. The van der Waals surface area contributed by atoms with Gasteiger partial charge in [0.1, 0.15) is 0 Å². The van der Waals surface area contributed by atoms with Crippen molar-refractivity contribution in [2.24, 2.45) is 0 Å². The van der Waals surface area contributed by atoms with Gasteiger partial charge < -0.3 is 21.9 Å². The van der Waals surface area contributed by atoms with Crippen molar-refractivity contribution < 1.29 is 30.4 Å². The summed E-state index contributed by atoms with van der Waals surface area (Å²) in [6, 6.07) is 0. The van der Waals surface area contributed by atoms with Gasteiger partial charge in [0.2, 0.25) is 0 Å². The van der Waals surface area contributed by atoms with E-state index < -0.39 is 0 Å². The van der Waals surface area contributed by atoms with E-state index in [1.54, 1.807) is 0 Å². The molecule has 0 aromatic heterocycles. The Morgan fingerprint density at radius 2 is 0.714 bits per heavy atom. The minimum absolute atomic E-state index is 0. The number of halogens is 2. The van der Waals surface area contributed by atoms with Gasteiger partial charge in [-0.3, -0.25) is 0 Å². The van der Waals surface area contributed by atoms with Crippen molar-refractivity contribution >= 4 is 40.7 Å². The van der Waals surface area contributed by atoms with Crippen LogP contribution in [-0.2, 0) is 8.46 Å². The molecule has 0 fully saturated rings. The first-order valence-electron chi connectivity index (χ1n) is 0.267. The van der Waals surface area contributed by atoms with Gasteiger partial charge in [0.25, 0.3) is 0 Å². The molecule has 0 heterocycles. The van der Waals surface area contributed by atoms with Crippen LogP contribution in [0.3, 0.4) is 0 Å². The Kier molecular flexibility index (Phi) is 242. The molecule has 0 saturated heterocycles. The maximum atomic E-state index is 2.28. The van der Waals surface area contributed by atoms with Crippen LogP contribution >= 0.6 is 40.7 Å². The zero-order chi connectivity index (χ0) is 2.71. The standard InChI is InChI=1S/Fe.2HI.4H2O/h;2*1H;4*1H2/q+2;;;;;;/p-2. The molecular formula is H8FeI2O4. The molecule has 0 aliphatic carbocycles. The van der Waals surface area contributed by atoms with E-state index in [0.29, 0.717) is 0 Å². The van der Waals surface area contributed by atoms with Gasteiger partial charge >= 0.3 is 49.1 Å². The molecular weight excluding hydrogens is 374 g/mol. The molecule has 7 heavy (non-hydrogen) atoms. The number of hydrogen-bond donors (Lipinski definition) is 0. The summed E-state index contributed by atoms with van der Waals surface area (Å²) in [6.45, 7) is 0. The van der Waals surface area contributed by atoms with Gasteiger partial charge in [-0.1, -0.05) is 0 Å². The zero-order valence-electron chi connectivity index (χ0n) is 3.11. The van der Waals surface area contributed by atoms with Gasteiger partial charge in [-0.2, -0.15) is 0 Å². The predicted octanol–water partition coefficient (Wildman–Crippen LogP) is -1.53. The van der Waals surface area contributed by atoms with Gasteiger partial charge in [-0.05, 0) is 0 Å². The fourth-order valence-electron chi connectivity index (χ4n) is 0. The Morgan fingerprint density at radius 3 is 0.714 bits per heavy atom. The first-order chi connectivity index (χ1) is 1.41. The SMILES string of the molecule is O.O.O.O.[I][Fe][I]. The normalized spacial score (nSPS) is 3.14. The van der Waals surface area contributed by atoms with Gasteiger partial charge in [-0.25, -0.2) is 0 Å². The van der Waals surface area contributed by atoms with Crippen LogP contribution in [0.15, 0.2) is 0 Å². The number of hydrogen-bond acceptors (Lipinski definition) is 0. The second-order valence-electron chi connectivity index (χ2n) is 0.0505. The summed E-state index contributed by atoms with van der Waals surface area (Å²) in [4.78, 5) is 0. The van der Waals surface area contributed by atoms with Crippen molar-refractivity contribution in [1.82, 2.24) is 0 Å². The van der Waals surface area contributed by atoms with Crippen LogP contribution in [0.4, 0.5) is 0 Å². The molecule has 7 heteroatoms. The molecule has 0 aromatic carbocycles. The Bertz CT molecular complexity index is 9.65. The molecule has 0 aliphatic rings. The third kappa shape index (κ3) is 80.0. The topological polar surface area (TPSA) is 126 Å². The maximum absolute atomic E-state index is 2.28. The third-order valence-electron chi connectivity index (χ3n) is 0. The van der Waals surface area contributed by atoms with Crippen LogP contribution in [-0.4, -0.2) is 21.9 Å². The van der Waals surface area contributed by atoms with Crippen LogP contribution < -0.4 is 0 Å². The van der Waals surface area contributed by atoms with Crippen LogP contribution in [0.25, 0.3) is 0 Å². The molecule has 54 valence electrons. The summed E-state index contributed by atoms with van der Waals surface area (Å²) < 4.78 is 0. The monoisotopic (exact) mass is 382 g/mol. The van der Waals surface area contributed by atoms with Gasteiger partial charge in [-0.15, -0.1) is 0 Å². The van der Waals surface area contributed by atoms with E-state index in [1.165, 1.54) is 8.46 Å². The second-order valence-corrected chi connectivity index (χ2v) is 9.37.